The molecule has 2 aliphatic rings. The molecule has 0 radical (unpaired) electrons. The van der Waals surface area contributed by atoms with Crippen LogP contribution in [0.3, 0.4) is 0 Å². The first-order valence-electron chi connectivity index (χ1n) is 8.79. The zero-order valence-corrected chi connectivity index (χ0v) is 14.9. The summed E-state index contributed by atoms with van der Waals surface area (Å²) in [5, 5.41) is 11.9. The SMILES string of the molecule is CC(=N)c1ccc(C2=NOC(CC3=CCN(CC(C)=O)CC3)C2)cc1. The maximum atomic E-state index is 11.2. The van der Waals surface area contributed by atoms with Crippen molar-refractivity contribution < 1.29 is 9.63 Å². The molecule has 2 aliphatic heterocycles. The summed E-state index contributed by atoms with van der Waals surface area (Å²) in [4.78, 5) is 19.0. The second kappa shape index (κ2) is 7.74. The van der Waals surface area contributed by atoms with Gasteiger partial charge in [-0.05, 0) is 31.4 Å². The van der Waals surface area contributed by atoms with Crippen molar-refractivity contribution in [2.45, 2.75) is 39.2 Å². The van der Waals surface area contributed by atoms with Crippen LogP contribution in [0.25, 0.3) is 0 Å². The first-order valence-corrected chi connectivity index (χ1v) is 8.79. The number of carbonyl (C=O) groups excluding carboxylic acids is 1. The van der Waals surface area contributed by atoms with E-state index in [0.717, 1.165) is 49.2 Å². The lowest BCUT2D eigenvalue weighted by molar-refractivity contribution is -0.118. The lowest BCUT2D eigenvalue weighted by atomic mass is 9.96. The predicted octanol–water partition coefficient (Wildman–Crippen LogP) is 3.18. The highest BCUT2D eigenvalue weighted by molar-refractivity contribution is 6.02. The molecule has 1 atom stereocenters. The van der Waals surface area contributed by atoms with Gasteiger partial charge in [-0.15, -0.1) is 0 Å². The Morgan fingerprint density at radius 2 is 2.08 bits per heavy atom. The highest BCUT2D eigenvalue weighted by Crippen LogP contribution is 2.25. The Kier molecular flexibility index (Phi) is 5.43. The van der Waals surface area contributed by atoms with Crippen LogP contribution in [-0.2, 0) is 9.63 Å². The monoisotopic (exact) mass is 339 g/mol. The van der Waals surface area contributed by atoms with Crippen LogP contribution < -0.4 is 0 Å². The zero-order chi connectivity index (χ0) is 17.8. The third-order valence-electron chi connectivity index (χ3n) is 4.71. The molecule has 1 unspecified atom stereocenters. The van der Waals surface area contributed by atoms with E-state index >= 15 is 0 Å². The van der Waals surface area contributed by atoms with Crippen LogP contribution in [-0.4, -0.2) is 47.8 Å². The predicted molar refractivity (Wildman–Crippen MR) is 99.4 cm³/mol. The maximum absolute atomic E-state index is 11.2. The fourth-order valence-electron chi connectivity index (χ4n) is 3.31. The van der Waals surface area contributed by atoms with E-state index in [4.69, 9.17) is 10.2 Å². The van der Waals surface area contributed by atoms with Gasteiger partial charge in [0.25, 0.3) is 0 Å². The standard InChI is InChI=1S/C20H25N3O2/c1-14(24)13-23-9-7-16(8-10-23)11-19-12-20(22-25-19)18-5-3-17(4-6-18)15(2)21/h3-7,19,21H,8-13H2,1-2H3. The van der Waals surface area contributed by atoms with Crippen molar-refractivity contribution in [1.82, 2.24) is 4.90 Å². The minimum Gasteiger partial charge on any atom is -0.391 e. The molecule has 0 saturated heterocycles. The van der Waals surface area contributed by atoms with E-state index < -0.39 is 0 Å². The largest absolute Gasteiger partial charge is 0.391 e. The van der Waals surface area contributed by atoms with Gasteiger partial charge in [0.15, 0.2) is 0 Å². The van der Waals surface area contributed by atoms with Crippen molar-refractivity contribution in [3.8, 4) is 0 Å². The molecule has 0 aliphatic carbocycles. The summed E-state index contributed by atoms with van der Waals surface area (Å²) < 4.78 is 0. The van der Waals surface area contributed by atoms with Gasteiger partial charge < -0.3 is 10.2 Å². The summed E-state index contributed by atoms with van der Waals surface area (Å²) in [5.41, 5.74) is 4.95. The molecule has 5 heteroatoms. The third-order valence-corrected chi connectivity index (χ3v) is 4.71. The van der Waals surface area contributed by atoms with Gasteiger partial charge in [-0.25, -0.2) is 0 Å². The molecule has 132 valence electrons. The number of ketones is 1. The molecule has 0 bridgehead atoms. The summed E-state index contributed by atoms with van der Waals surface area (Å²) in [5.74, 6) is 0.221. The second-order valence-corrected chi connectivity index (χ2v) is 6.93. The van der Waals surface area contributed by atoms with Crippen LogP contribution in [0.5, 0.6) is 0 Å². The van der Waals surface area contributed by atoms with Gasteiger partial charge in [0.1, 0.15) is 11.9 Å². The molecule has 5 nitrogen and oxygen atoms in total. The summed E-state index contributed by atoms with van der Waals surface area (Å²) in [6.45, 7) is 5.76. The van der Waals surface area contributed by atoms with E-state index in [-0.39, 0.29) is 11.9 Å². The quantitative estimate of drug-likeness (QED) is 0.639. The number of rotatable bonds is 6. The summed E-state index contributed by atoms with van der Waals surface area (Å²) in [6, 6.07) is 7.94. The molecular formula is C20H25N3O2. The molecule has 2 heterocycles. The lowest BCUT2D eigenvalue weighted by Gasteiger charge is -2.25. The second-order valence-electron chi connectivity index (χ2n) is 6.93. The molecule has 0 spiro atoms. The lowest BCUT2D eigenvalue weighted by Crippen LogP contribution is -2.33. The van der Waals surface area contributed by atoms with Gasteiger partial charge in [0, 0.05) is 31.6 Å². The molecule has 1 aromatic carbocycles. The zero-order valence-electron chi connectivity index (χ0n) is 14.9. The van der Waals surface area contributed by atoms with E-state index in [2.05, 4.69) is 16.1 Å². The van der Waals surface area contributed by atoms with Crippen molar-refractivity contribution in [3.05, 3.63) is 47.0 Å². The van der Waals surface area contributed by atoms with Crippen molar-refractivity contribution >= 4 is 17.2 Å². The van der Waals surface area contributed by atoms with Crippen LogP contribution in [0.1, 0.15) is 44.2 Å². The van der Waals surface area contributed by atoms with Crippen LogP contribution in [0, 0.1) is 5.41 Å². The van der Waals surface area contributed by atoms with E-state index in [1.807, 2.05) is 24.3 Å². The van der Waals surface area contributed by atoms with Crippen LogP contribution >= 0.6 is 0 Å². The average molecular weight is 339 g/mol. The molecular weight excluding hydrogens is 314 g/mol. The van der Waals surface area contributed by atoms with Crippen molar-refractivity contribution in [3.63, 3.8) is 0 Å². The number of hydrogen-bond donors (Lipinski definition) is 1. The molecule has 0 amide bonds. The smallest absolute Gasteiger partial charge is 0.143 e. The Bertz CT molecular complexity index is 719. The molecule has 25 heavy (non-hydrogen) atoms. The number of carbonyl (C=O) groups is 1. The normalized spacial score (nSPS) is 20.6. The molecule has 3 rings (SSSR count). The summed E-state index contributed by atoms with van der Waals surface area (Å²) >= 11 is 0. The number of benzene rings is 1. The van der Waals surface area contributed by atoms with E-state index in [9.17, 15) is 4.79 Å². The third kappa shape index (κ3) is 4.63. The van der Waals surface area contributed by atoms with Gasteiger partial charge in [0.2, 0.25) is 0 Å². The fourth-order valence-corrected chi connectivity index (χ4v) is 3.31. The number of Topliss-reactive ketones (excluding diaryl/α,β-unsaturated/α-hetero) is 1. The minimum absolute atomic E-state index is 0.102. The number of oxime groups is 1. The highest BCUT2D eigenvalue weighted by atomic mass is 16.6. The Morgan fingerprint density at radius 3 is 2.68 bits per heavy atom. The number of hydrogen-bond acceptors (Lipinski definition) is 5. The Hall–Kier alpha value is -2.27. The van der Waals surface area contributed by atoms with Gasteiger partial charge in [-0.3, -0.25) is 9.69 Å². The van der Waals surface area contributed by atoms with Gasteiger partial charge >= 0.3 is 0 Å². The Morgan fingerprint density at radius 1 is 1.32 bits per heavy atom. The van der Waals surface area contributed by atoms with Crippen molar-refractivity contribution in [2.24, 2.45) is 5.16 Å². The van der Waals surface area contributed by atoms with Gasteiger partial charge in [0.05, 0.1) is 12.3 Å². The summed E-state index contributed by atoms with van der Waals surface area (Å²) in [6.07, 6.45) is 5.05. The Labute approximate surface area is 148 Å². The Balaban J connectivity index is 1.52. The molecule has 1 aromatic rings. The summed E-state index contributed by atoms with van der Waals surface area (Å²) in [7, 11) is 0. The molecule has 0 saturated carbocycles. The molecule has 0 aromatic heterocycles. The van der Waals surface area contributed by atoms with E-state index in [1.165, 1.54) is 5.57 Å². The first-order chi connectivity index (χ1) is 12.0. The average Bonchev–Trinajstić information content (AvgIpc) is 3.05. The minimum atomic E-state index is 0.102. The van der Waals surface area contributed by atoms with Gasteiger partial charge in [-0.1, -0.05) is 41.1 Å². The fraction of sp³-hybridized carbons (Fsp3) is 0.450. The van der Waals surface area contributed by atoms with Crippen LogP contribution in [0.4, 0.5) is 0 Å². The molecule has 1 N–H and O–H groups in total. The van der Waals surface area contributed by atoms with Crippen molar-refractivity contribution in [1.29, 1.82) is 5.41 Å². The van der Waals surface area contributed by atoms with Crippen LogP contribution in [0.15, 0.2) is 41.1 Å². The molecule has 0 fully saturated rings. The maximum Gasteiger partial charge on any atom is 0.143 e. The first kappa shape index (κ1) is 17.5. The van der Waals surface area contributed by atoms with E-state index in [1.54, 1.807) is 13.8 Å². The topological polar surface area (TPSA) is 65.8 Å². The number of nitrogens with zero attached hydrogens (tertiary/aromatic N) is 2. The highest BCUT2D eigenvalue weighted by Gasteiger charge is 2.24. The van der Waals surface area contributed by atoms with Crippen molar-refractivity contribution in [2.75, 3.05) is 19.6 Å². The van der Waals surface area contributed by atoms with E-state index in [0.29, 0.717) is 12.3 Å². The van der Waals surface area contributed by atoms with Crippen LogP contribution in [0.2, 0.25) is 0 Å². The van der Waals surface area contributed by atoms with Gasteiger partial charge in [-0.2, -0.15) is 0 Å². The number of nitrogens with one attached hydrogen (secondary N) is 1.